The highest BCUT2D eigenvalue weighted by molar-refractivity contribution is 5.85. The minimum atomic E-state index is -0.813. The highest BCUT2D eigenvalue weighted by Gasteiger charge is 2.22. The maximum absolute atomic E-state index is 13.6. The third-order valence-corrected chi connectivity index (χ3v) is 3.87. The molecule has 1 atom stereocenters. The first-order valence-corrected chi connectivity index (χ1v) is 8.40. The van der Waals surface area contributed by atoms with Gasteiger partial charge in [-0.2, -0.15) is 0 Å². The fourth-order valence-electron chi connectivity index (χ4n) is 2.49. The maximum atomic E-state index is 13.6. The Bertz CT molecular complexity index is 570. The Labute approximate surface area is 147 Å². The van der Waals surface area contributed by atoms with Gasteiger partial charge in [0, 0.05) is 5.56 Å². The zero-order chi connectivity index (χ0) is 18.7. The summed E-state index contributed by atoms with van der Waals surface area (Å²) in [5.74, 6) is -2.75. The van der Waals surface area contributed by atoms with Crippen molar-refractivity contribution < 1.29 is 23.1 Å². The van der Waals surface area contributed by atoms with Crippen molar-refractivity contribution in [2.75, 3.05) is 7.11 Å². The second kappa shape index (κ2) is 11.3. The van der Waals surface area contributed by atoms with E-state index < -0.39 is 36.0 Å². The molecule has 25 heavy (non-hydrogen) atoms. The van der Waals surface area contributed by atoms with Gasteiger partial charge in [0.2, 0.25) is 5.91 Å². The number of carbonyl (C=O) groups excluding carboxylic acids is 2. The lowest BCUT2D eigenvalue weighted by atomic mass is 10.1. The van der Waals surface area contributed by atoms with Crippen LogP contribution in [0.1, 0.15) is 44.1 Å². The molecule has 1 N–H and O–H groups in total. The molecule has 0 aliphatic carbocycles. The van der Waals surface area contributed by atoms with Gasteiger partial charge in [0.1, 0.15) is 17.7 Å². The molecule has 0 saturated carbocycles. The third kappa shape index (κ3) is 7.45. The Morgan fingerprint density at radius 2 is 1.84 bits per heavy atom. The fourth-order valence-corrected chi connectivity index (χ4v) is 2.49. The van der Waals surface area contributed by atoms with Crippen LogP contribution in [0, 0.1) is 11.6 Å². The molecule has 138 valence electrons. The van der Waals surface area contributed by atoms with E-state index in [4.69, 9.17) is 4.74 Å². The summed E-state index contributed by atoms with van der Waals surface area (Å²) in [4.78, 5) is 23.9. The normalized spacial score (nSPS) is 11.6. The van der Waals surface area contributed by atoms with Gasteiger partial charge in [0.25, 0.3) is 0 Å². The van der Waals surface area contributed by atoms with Crippen LogP contribution in [-0.2, 0) is 20.7 Å². The minimum absolute atomic E-state index is 0.312. The van der Waals surface area contributed by atoms with Gasteiger partial charge in [-0.25, -0.2) is 13.6 Å². The van der Waals surface area contributed by atoms with Crippen molar-refractivity contribution in [2.24, 2.45) is 0 Å². The molecule has 0 saturated heterocycles. The summed E-state index contributed by atoms with van der Waals surface area (Å²) in [7, 11) is 1.24. The molecular formula is C19H25F2NO3. The highest BCUT2D eigenvalue weighted by Crippen LogP contribution is 2.13. The Hall–Kier alpha value is -2.24. The number of nitrogens with one attached hydrogen (secondary N) is 1. The van der Waals surface area contributed by atoms with Crippen LogP contribution in [0.25, 0.3) is 0 Å². The van der Waals surface area contributed by atoms with E-state index in [1.165, 1.54) is 13.2 Å². The molecular weight excluding hydrogens is 328 g/mol. The predicted octanol–water partition coefficient (Wildman–Crippen LogP) is 3.69. The van der Waals surface area contributed by atoms with Gasteiger partial charge in [-0.05, 0) is 31.4 Å². The van der Waals surface area contributed by atoms with Crippen LogP contribution in [0.3, 0.4) is 0 Å². The molecule has 1 rings (SSSR count). The van der Waals surface area contributed by atoms with E-state index in [1.54, 1.807) is 0 Å². The molecule has 1 amide bonds. The summed E-state index contributed by atoms with van der Waals surface area (Å²) in [6.45, 7) is 3.66. The van der Waals surface area contributed by atoms with Gasteiger partial charge < -0.3 is 10.1 Å². The Kier molecular flexibility index (Phi) is 9.43. The molecule has 0 radical (unpaired) electrons. The van der Waals surface area contributed by atoms with Crippen LogP contribution in [0.2, 0.25) is 0 Å². The van der Waals surface area contributed by atoms with E-state index in [9.17, 15) is 18.4 Å². The fraction of sp³-hybridized carbons (Fsp3) is 0.474. The van der Waals surface area contributed by atoms with E-state index >= 15 is 0 Å². The lowest BCUT2D eigenvalue weighted by Crippen LogP contribution is -2.42. The maximum Gasteiger partial charge on any atom is 0.328 e. The molecule has 0 aliphatic rings. The second-order valence-corrected chi connectivity index (χ2v) is 5.80. The number of carbonyl (C=O) groups is 2. The standard InChI is InChI=1S/C19H25F2NO3/c1-3-4-5-6-7-8-12-17(19(24)25-2)22-18(23)13-14-15(20)10-9-11-16(14)21/h3,9-11,17H,1,4-8,12-13H2,2H3,(H,22,23)/t17-/m1/s1. The summed E-state index contributed by atoms with van der Waals surface area (Å²) >= 11 is 0. The third-order valence-electron chi connectivity index (χ3n) is 3.87. The SMILES string of the molecule is C=CCCCCCC[C@@H](NC(=O)Cc1c(F)cccc1F)C(=O)OC. The first-order chi connectivity index (χ1) is 12.0. The second-order valence-electron chi connectivity index (χ2n) is 5.80. The molecule has 4 nitrogen and oxygen atoms in total. The molecule has 0 heterocycles. The van der Waals surface area contributed by atoms with Crippen molar-refractivity contribution in [3.05, 3.63) is 48.1 Å². The van der Waals surface area contributed by atoms with Crippen molar-refractivity contribution in [3.63, 3.8) is 0 Å². The zero-order valence-electron chi connectivity index (χ0n) is 14.5. The number of allylic oxidation sites excluding steroid dienone is 1. The summed E-state index contributed by atoms with van der Waals surface area (Å²) in [5.41, 5.74) is -0.312. The van der Waals surface area contributed by atoms with Crippen LogP contribution in [0.4, 0.5) is 8.78 Å². The molecule has 0 fully saturated rings. The van der Waals surface area contributed by atoms with Gasteiger partial charge >= 0.3 is 5.97 Å². The number of hydrogen-bond acceptors (Lipinski definition) is 3. The first kappa shape index (κ1) is 20.8. The number of benzene rings is 1. The number of halogens is 2. The van der Waals surface area contributed by atoms with Gasteiger partial charge in [-0.1, -0.05) is 31.4 Å². The molecule has 1 aromatic carbocycles. The molecule has 0 aliphatic heterocycles. The summed E-state index contributed by atoms with van der Waals surface area (Å²) in [6, 6.07) is 2.60. The molecule has 0 spiro atoms. The van der Waals surface area contributed by atoms with Crippen molar-refractivity contribution in [1.82, 2.24) is 5.32 Å². The van der Waals surface area contributed by atoms with Crippen LogP contribution in [0.15, 0.2) is 30.9 Å². The number of amides is 1. The van der Waals surface area contributed by atoms with Crippen molar-refractivity contribution >= 4 is 11.9 Å². The predicted molar refractivity (Wildman–Crippen MR) is 91.9 cm³/mol. The molecule has 1 aromatic rings. The van der Waals surface area contributed by atoms with Crippen LogP contribution >= 0.6 is 0 Å². The average Bonchev–Trinajstić information content (AvgIpc) is 2.59. The van der Waals surface area contributed by atoms with E-state index in [0.29, 0.717) is 6.42 Å². The van der Waals surface area contributed by atoms with E-state index in [0.717, 1.165) is 44.2 Å². The van der Waals surface area contributed by atoms with Crippen molar-refractivity contribution in [3.8, 4) is 0 Å². The number of hydrogen-bond donors (Lipinski definition) is 1. The van der Waals surface area contributed by atoms with E-state index in [2.05, 4.69) is 11.9 Å². The van der Waals surface area contributed by atoms with E-state index in [1.807, 2.05) is 6.08 Å². The largest absolute Gasteiger partial charge is 0.467 e. The number of methoxy groups -OCH3 is 1. The van der Waals surface area contributed by atoms with Crippen LogP contribution < -0.4 is 5.32 Å². The van der Waals surface area contributed by atoms with Gasteiger partial charge in [0.05, 0.1) is 13.5 Å². The van der Waals surface area contributed by atoms with E-state index in [-0.39, 0.29) is 5.56 Å². The lowest BCUT2D eigenvalue weighted by Gasteiger charge is -2.16. The smallest absolute Gasteiger partial charge is 0.328 e. The Morgan fingerprint density at radius 3 is 2.44 bits per heavy atom. The molecule has 0 bridgehead atoms. The van der Waals surface area contributed by atoms with Gasteiger partial charge in [-0.3, -0.25) is 4.79 Å². The number of unbranched alkanes of at least 4 members (excludes halogenated alkanes) is 4. The summed E-state index contributed by atoms with van der Waals surface area (Å²) < 4.78 is 31.9. The Morgan fingerprint density at radius 1 is 1.20 bits per heavy atom. The average molecular weight is 353 g/mol. The van der Waals surface area contributed by atoms with Gasteiger partial charge in [-0.15, -0.1) is 6.58 Å². The van der Waals surface area contributed by atoms with Gasteiger partial charge in [0.15, 0.2) is 0 Å². The minimum Gasteiger partial charge on any atom is -0.467 e. The van der Waals surface area contributed by atoms with Crippen molar-refractivity contribution in [1.29, 1.82) is 0 Å². The summed E-state index contributed by atoms with van der Waals surface area (Å²) in [6.07, 6.45) is 6.46. The monoisotopic (exact) mass is 353 g/mol. The van der Waals surface area contributed by atoms with Crippen LogP contribution in [0.5, 0.6) is 0 Å². The number of ether oxygens (including phenoxy) is 1. The topological polar surface area (TPSA) is 55.4 Å². The molecule has 0 unspecified atom stereocenters. The molecule has 6 heteroatoms. The first-order valence-electron chi connectivity index (χ1n) is 8.40. The number of rotatable bonds is 11. The highest BCUT2D eigenvalue weighted by atomic mass is 19.1. The quantitative estimate of drug-likeness (QED) is 0.375. The molecule has 0 aromatic heterocycles. The van der Waals surface area contributed by atoms with Crippen molar-refractivity contribution in [2.45, 2.75) is 51.0 Å². The lowest BCUT2D eigenvalue weighted by molar-refractivity contribution is -0.145. The summed E-state index contributed by atoms with van der Waals surface area (Å²) in [5, 5.41) is 2.51. The number of esters is 1. The zero-order valence-corrected chi connectivity index (χ0v) is 14.5. The van der Waals surface area contributed by atoms with Crippen LogP contribution in [-0.4, -0.2) is 25.0 Å². The Balaban J connectivity index is 2.55.